The first-order valence-electron chi connectivity index (χ1n) is 4.90. The molecule has 2 N–H and O–H groups in total. The van der Waals surface area contributed by atoms with Gasteiger partial charge in [0.2, 0.25) is 0 Å². The second-order valence-corrected chi connectivity index (χ2v) is 3.98. The number of hydrogen-bond donors (Lipinski definition) is 1. The highest BCUT2D eigenvalue weighted by Gasteiger charge is 2.34. The van der Waals surface area contributed by atoms with Gasteiger partial charge in [0.15, 0.2) is 0 Å². The summed E-state index contributed by atoms with van der Waals surface area (Å²) in [7, 11) is 0. The van der Waals surface area contributed by atoms with Crippen LogP contribution in [-0.2, 0) is 6.18 Å². The van der Waals surface area contributed by atoms with Crippen LogP contribution in [0.3, 0.4) is 0 Å². The van der Waals surface area contributed by atoms with Crippen molar-refractivity contribution in [1.82, 2.24) is 9.78 Å². The lowest BCUT2D eigenvalue weighted by molar-refractivity contribution is -0.137. The normalized spacial score (nSPS) is 11.5. The van der Waals surface area contributed by atoms with Gasteiger partial charge in [-0.15, -0.1) is 0 Å². The van der Waals surface area contributed by atoms with Crippen LogP contribution in [0, 0.1) is 0 Å². The molecule has 1 heterocycles. The van der Waals surface area contributed by atoms with E-state index in [1.165, 1.54) is 23.0 Å². The van der Waals surface area contributed by atoms with E-state index in [2.05, 4.69) is 17.3 Å². The average Bonchev–Trinajstić information content (AvgIpc) is 2.80. The highest BCUT2D eigenvalue weighted by molar-refractivity contribution is 7.80. The van der Waals surface area contributed by atoms with Gasteiger partial charge in [0.05, 0.1) is 11.3 Å². The van der Waals surface area contributed by atoms with E-state index in [0.29, 0.717) is 5.69 Å². The van der Waals surface area contributed by atoms with Crippen molar-refractivity contribution in [2.45, 2.75) is 6.18 Å². The largest absolute Gasteiger partial charge is 0.417 e. The summed E-state index contributed by atoms with van der Waals surface area (Å²) in [5.41, 5.74) is 4.54. The molecule has 0 aliphatic rings. The molecule has 18 heavy (non-hydrogen) atoms. The fourth-order valence-electron chi connectivity index (χ4n) is 1.55. The van der Waals surface area contributed by atoms with Crippen LogP contribution in [0.1, 0.15) is 11.1 Å². The predicted molar refractivity (Wildman–Crippen MR) is 64.5 cm³/mol. The topological polar surface area (TPSA) is 43.8 Å². The number of aromatic nitrogens is 2. The summed E-state index contributed by atoms with van der Waals surface area (Å²) in [6.45, 7) is 0. The molecular weight excluding hydrogens is 263 g/mol. The molecule has 0 saturated heterocycles. The monoisotopic (exact) mass is 271 g/mol. The van der Waals surface area contributed by atoms with Crippen LogP contribution < -0.4 is 5.73 Å². The molecule has 0 spiro atoms. The van der Waals surface area contributed by atoms with Gasteiger partial charge in [0.1, 0.15) is 4.99 Å². The van der Waals surface area contributed by atoms with Crippen molar-refractivity contribution in [2.75, 3.05) is 0 Å². The van der Waals surface area contributed by atoms with Gasteiger partial charge in [-0.2, -0.15) is 18.3 Å². The fraction of sp³-hybridized carbons (Fsp3) is 0.0909. The minimum absolute atomic E-state index is 0.187. The Hall–Kier alpha value is -1.89. The van der Waals surface area contributed by atoms with E-state index in [9.17, 15) is 13.2 Å². The summed E-state index contributed by atoms with van der Waals surface area (Å²) in [4.78, 5) is -0.283. The third-order valence-corrected chi connectivity index (χ3v) is 2.56. The van der Waals surface area contributed by atoms with Crippen molar-refractivity contribution in [1.29, 1.82) is 0 Å². The van der Waals surface area contributed by atoms with E-state index in [0.717, 1.165) is 6.07 Å². The van der Waals surface area contributed by atoms with Crippen LogP contribution in [0.25, 0.3) is 5.69 Å². The van der Waals surface area contributed by atoms with Gasteiger partial charge in [-0.25, -0.2) is 4.68 Å². The SMILES string of the molecule is NC(=S)c1ccc(-n2cccn2)cc1C(F)(F)F. The quantitative estimate of drug-likeness (QED) is 0.854. The molecule has 0 radical (unpaired) electrons. The van der Waals surface area contributed by atoms with E-state index in [1.807, 2.05) is 0 Å². The Labute approximate surface area is 106 Å². The van der Waals surface area contributed by atoms with E-state index < -0.39 is 11.7 Å². The third kappa shape index (κ3) is 2.35. The number of thiocarbonyl (C=S) groups is 1. The summed E-state index contributed by atoms with van der Waals surface area (Å²) in [5, 5.41) is 3.87. The number of rotatable bonds is 2. The van der Waals surface area contributed by atoms with Gasteiger partial charge in [0, 0.05) is 18.0 Å². The van der Waals surface area contributed by atoms with Gasteiger partial charge in [-0.05, 0) is 24.3 Å². The maximum Gasteiger partial charge on any atom is 0.417 e. The van der Waals surface area contributed by atoms with Gasteiger partial charge in [-0.3, -0.25) is 0 Å². The Morgan fingerprint density at radius 2 is 2.06 bits per heavy atom. The molecule has 0 fully saturated rings. The fourth-order valence-corrected chi connectivity index (χ4v) is 1.72. The highest BCUT2D eigenvalue weighted by atomic mass is 32.1. The summed E-state index contributed by atoms with van der Waals surface area (Å²) in [6, 6.07) is 5.33. The van der Waals surface area contributed by atoms with Crippen molar-refractivity contribution in [3.05, 3.63) is 47.8 Å². The minimum Gasteiger partial charge on any atom is -0.389 e. The number of hydrogen-bond acceptors (Lipinski definition) is 2. The molecule has 2 aromatic rings. The van der Waals surface area contributed by atoms with Gasteiger partial charge < -0.3 is 5.73 Å². The second-order valence-electron chi connectivity index (χ2n) is 3.54. The molecule has 94 valence electrons. The van der Waals surface area contributed by atoms with Crippen LogP contribution in [-0.4, -0.2) is 14.8 Å². The molecule has 3 nitrogen and oxygen atoms in total. The van der Waals surface area contributed by atoms with E-state index in [1.54, 1.807) is 12.3 Å². The third-order valence-electron chi connectivity index (χ3n) is 2.34. The molecule has 0 aliphatic carbocycles. The molecule has 0 atom stereocenters. The predicted octanol–water partition coefficient (Wildman–Crippen LogP) is 2.53. The summed E-state index contributed by atoms with van der Waals surface area (Å²) < 4.78 is 40.0. The molecule has 1 aromatic heterocycles. The molecule has 0 saturated carbocycles. The lowest BCUT2D eigenvalue weighted by Crippen LogP contribution is -2.18. The number of alkyl halides is 3. The average molecular weight is 271 g/mol. The molecule has 1 aromatic carbocycles. The van der Waals surface area contributed by atoms with Crippen LogP contribution in [0.2, 0.25) is 0 Å². The summed E-state index contributed by atoms with van der Waals surface area (Å²) in [5.74, 6) is 0. The first kappa shape index (κ1) is 12.6. The molecular formula is C11H8F3N3S. The van der Waals surface area contributed by atoms with Crippen molar-refractivity contribution < 1.29 is 13.2 Å². The Morgan fingerprint density at radius 1 is 1.33 bits per heavy atom. The van der Waals surface area contributed by atoms with E-state index in [4.69, 9.17) is 5.73 Å². The second kappa shape index (κ2) is 4.41. The Balaban J connectivity index is 2.60. The molecule has 0 aliphatic heterocycles. The van der Waals surface area contributed by atoms with Crippen molar-refractivity contribution in [3.63, 3.8) is 0 Å². The van der Waals surface area contributed by atoms with E-state index in [-0.39, 0.29) is 10.6 Å². The summed E-state index contributed by atoms with van der Waals surface area (Å²) in [6.07, 6.45) is -1.48. The zero-order valence-electron chi connectivity index (χ0n) is 8.98. The smallest absolute Gasteiger partial charge is 0.389 e. The number of nitrogens with two attached hydrogens (primary N) is 1. The van der Waals surface area contributed by atoms with Crippen LogP contribution >= 0.6 is 12.2 Å². The number of halogens is 3. The molecule has 0 bridgehead atoms. The van der Waals surface area contributed by atoms with Crippen molar-refractivity contribution in [3.8, 4) is 5.69 Å². The standard InChI is InChI=1S/C11H8F3N3S/c12-11(13,14)9-6-7(17-5-1-4-16-17)2-3-8(9)10(15)18/h1-6H,(H2,15,18). The lowest BCUT2D eigenvalue weighted by Gasteiger charge is -2.13. The molecule has 7 heteroatoms. The minimum atomic E-state index is -4.51. The Kier molecular flexibility index (Phi) is 3.08. The molecule has 0 amide bonds. The number of nitrogens with zero attached hydrogens (tertiary/aromatic N) is 2. The van der Waals surface area contributed by atoms with Crippen LogP contribution in [0.15, 0.2) is 36.7 Å². The molecule has 2 rings (SSSR count). The first-order valence-corrected chi connectivity index (χ1v) is 5.31. The Morgan fingerprint density at radius 3 is 2.56 bits per heavy atom. The van der Waals surface area contributed by atoms with Crippen LogP contribution in [0.4, 0.5) is 13.2 Å². The van der Waals surface area contributed by atoms with Gasteiger partial charge in [0.25, 0.3) is 0 Å². The van der Waals surface area contributed by atoms with Gasteiger partial charge >= 0.3 is 6.18 Å². The lowest BCUT2D eigenvalue weighted by atomic mass is 10.1. The van der Waals surface area contributed by atoms with E-state index >= 15 is 0 Å². The summed E-state index contributed by atoms with van der Waals surface area (Å²) >= 11 is 4.62. The van der Waals surface area contributed by atoms with Crippen molar-refractivity contribution >= 4 is 17.2 Å². The van der Waals surface area contributed by atoms with Crippen molar-refractivity contribution in [2.24, 2.45) is 5.73 Å². The zero-order valence-corrected chi connectivity index (χ0v) is 9.79. The zero-order chi connectivity index (χ0) is 13.3. The Bertz CT molecular complexity index is 576. The van der Waals surface area contributed by atoms with Crippen LogP contribution in [0.5, 0.6) is 0 Å². The number of benzene rings is 1. The maximum absolute atomic E-state index is 12.9. The first-order chi connectivity index (χ1) is 8.39. The van der Waals surface area contributed by atoms with Gasteiger partial charge in [-0.1, -0.05) is 12.2 Å². The maximum atomic E-state index is 12.9. The highest BCUT2D eigenvalue weighted by Crippen LogP contribution is 2.33. The molecule has 0 unspecified atom stereocenters.